The quantitative estimate of drug-likeness (QED) is 0.417. The number of carbonyl (C=O) groups excluding carboxylic acids is 2. The maximum absolute atomic E-state index is 11.9. The fourth-order valence-electron chi connectivity index (χ4n) is 1.82. The standard InChI is InChI=1S/C16H23ClN2O3/c1-4-5-10-19(16(17)21)14-8-6-13(7-9-14)15(20)22-12-11-18(2)3/h6-9H,4-5,10-12H2,1-3H3. The normalized spacial score (nSPS) is 10.6. The van der Waals surface area contributed by atoms with Crippen LogP contribution in [0.2, 0.25) is 0 Å². The molecule has 0 saturated heterocycles. The van der Waals surface area contributed by atoms with E-state index in [0.29, 0.717) is 30.9 Å². The van der Waals surface area contributed by atoms with Crippen LogP contribution in [0.1, 0.15) is 30.1 Å². The van der Waals surface area contributed by atoms with E-state index in [-0.39, 0.29) is 5.97 Å². The van der Waals surface area contributed by atoms with Gasteiger partial charge >= 0.3 is 11.3 Å². The van der Waals surface area contributed by atoms with Crippen molar-refractivity contribution in [3.8, 4) is 0 Å². The van der Waals surface area contributed by atoms with E-state index in [1.165, 1.54) is 4.90 Å². The summed E-state index contributed by atoms with van der Waals surface area (Å²) >= 11 is 5.61. The van der Waals surface area contributed by atoms with Crippen LogP contribution in [0.4, 0.5) is 10.5 Å². The van der Waals surface area contributed by atoms with E-state index in [2.05, 4.69) is 0 Å². The van der Waals surface area contributed by atoms with Gasteiger partial charge in [-0.2, -0.15) is 0 Å². The summed E-state index contributed by atoms with van der Waals surface area (Å²) in [5.41, 5.74) is 1.14. The number of ether oxygens (including phenoxy) is 1. The Morgan fingerprint density at radius 1 is 1.14 bits per heavy atom. The van der Waals surface area contributed by atoms with Gasteiger partial charge in [0.1, 0.15) is 6.61 Å². The Hall–Kier alpha value is -1.59. The van der Waals surface area contributed by atoms with Crippen LogP contribution in [0.5, 0.6) is 0 Å². The largest absolute Gasteiger partial charge is 0.461 e. The molecule has 0 radical (unpaired) electrons. The van der Waals surface area contributed by atoms with Gasteiger partial charge in [-0.3, -0.25) is 9.69 Å². The number of hydrogen-bond donors (Lipinski definition) is 0. The molecule has 5 nitrogen and oxygen atoms in total. The summed E-state index contributed by atoms with van der Waals surface area (Å²) in [6.07, 6.45) is 1.84. The molecule has 0 atom stereocenters. The Balaban J connectivity index is 2.67. The Labute approximate surface area is 136 Å². The number of esters is 1. The number of benzene rings is 1. The Morgan fingerprint density at radius 3 is 2.27 bits per heavy atom. The van der Waals surface area contributed by atoms with Crippen LogP contribution in [0.25, 0.3) is 0 Å². The van der Waals surface area contributed by atoms with Crippen molar-refractivity contribution >= 4 is 28.6 Å². The number of unbranched alkanes of at least 4 members (excludes halogenated alkanes) is 1. The number of halogens is 1. The van der Waals surface area contributed by atoms with E-state index in [4.69, 9.17) is 16.3 Å². The van der Waals surface area contributed by atoms with E-state index in [1.54, 1.807) is 24.3 Å². The van der Waals surface area contributed by atoms with E-state index in [0.717, 1.165) is 12.8 Å². The van der Waals surface area contributed by atoms with Crippen LogP contribution in [-0.2, 0) is 4.74 Å². The van der Waals surface area contributed by atoms with Gasteiger partial charge in [0, 0.05) is 18.8 Å². The van der Waals surface area contributed by atoms with Crippen molar-refractivity contribution in [3.05, 3.63) is 29.8 Å². The van der Waals surface area contributed by atoms with Crippen LogP contribution in [0.3, 0.4) is 0 Å². The van der Waals surface area contributed by atoms with Crippen LogP contribution >= 0.6 is 11.6 Å². The zero-order valence-corrected chi connectivity index (χ0v) is 14.1. The van der Waals surface area contributed by atoms with E-state index in [1.807, 2.05) is 25.9 Å². The highest BCUT2D eigenvalue weighted by Gasteiger charge is 2.14. The second-order valence-corrected chi connectivity index (χ2v) is 5.57. The SMILES string of the molecule is CCCCN(C(=O)Cl)c1ccc(C(=O)OCCN(C)C)cc1. The van der Waals surface area contributed by atoms with Gasteiger partial charge in [-0.05, 0) is 56.4 Å². The van der Waals surface area contributed by atoms with Gasteiger partial charge in [-0.25, -0.2) is 4.79 Å². The first-order valence-electron chi connectivity index (χ1n) is 7.34. The predicted molar refractivity (Wildman–Crippen MR) is 88.8 cm³/mol. The molecular weight excluding hydrogens is 304 g/mol. The topological polar surface area (TPSA) is 49.9 Å². The molecule has 1 amide bonds. The molecule has 1 aromatic carbocycles. The van der Waals surface area contributed by atoms with Gasteiger partial charge in [-0.15, -0.1) is 0 Å². The fraction of sp³-hybridized carbons (Fsp3) is 0.500. The van der Waals surface area contributed by atoms with Crippen LogP contribution in [-0.4, -0.2) is 50.0 Å². The molecule has 22 heavy (non-hydrogen) atoms. The lowest BCUT2D eigenvalue weighted by Gasteiger charge is -2.19. The molecule has 0 aliphatic rings. The number of anilines is 1. The van der Waals surface area contributed by atoms with Crippen LogP contribution in [0.15, 0.2) is 24.3 Å². The summed E-state index contributed by atoms with van der Waals surface area (Å²) < 4.78 is 5.16. The monoisotopic (exact) mass is 326 g/mol. The molecule has 0 fully saturated rings. The van der Waals surface area contributed by atoms with Crippen molar-refractivity contribution in [2.75, 3.05) is 38.7 Å². The lowest BCUT2D eigenvalue weighted by atomic mass is 10.2. The number of hydrogen-bond acceptors (Lipinski definition) is 4. The lowest BCUT2D eigenvalue weighted by Crippen LogP contribution is -2.26. The second-order valence-electron chi connectivity index (χ2n) is 5.24. The average Bonchev–Trinajstić information content (AvgIpc) is 2.47. The summed E-state index contributed by atoms with van der Waals surface area (Å²) in [6, 6.07) is 6.70. The molecule has 1 rings (SSSR count). The summed E-state index contributed by atoms with van der Waals surface area (Å²) in [4.78, 5) is 26.8. The highest BCUT2D eigenvalue weighted by atomic mass is 35.5. The summed E-state index contributed by atoms with van der Waals surface area (Å²) in [6.45, 7) is 3.63. The first kappa shape index (κ1) is 18.5. The molecule has 1 aromatic rings. The van der Waals surface area contributed by atoms with E-state index >= 15 is 0 Å². The molecule has 0 aliphatic heterocycles. The molecule has 0 saturated carbocycles. The van der Waals surface area contributed by atoms with Crippen molar-refractivity contribution in [1.29, 1.82) is 0 Å². The molecule has 0 heterocycles. The smallest absolute Gasteiger partial charge is 0.338 e. The average molecular weight is 327 g/mol. The third-order valence-corrected chi connectivity index (χ3v) is 3.34. The fourth-order valence-corrected chi connectivity index (χ4v) is 2.00. The summed E-state index contributed by atoms with van der Waals surface area (Å²) in [5.74, 6) is -0.370. The van der Waals surface area contributed by atoms with Gasteiger partial charge in [0.2, 0.25) is 0 Å². The molecule has 0 aliphatic carbocycles. The molecular formula is C16H23ClN2O3. The van der Waals surface area contributed by atoms with E-state index < -0.39 is 5.37 Å². The number of carbonyl (C=O) groups is 2. The number of nitrogens with zero attached hydrogens (tertiary/aromatic N) is 2. The van der Waals surface area contributed by atoms with Crippen molar-refractivity contribution < 1.29 is 14.3 Å². The maximum atomic E-state index is 11.9. The van der Waals surface area contributed by atoms with Gasteiger partial charge < -0.3 is 9.64 Å². The van der Waals surface area contributed by atoms with E-state index in [9.17, 15) is 9.59 Å². The third-order valence-electron chi connectivity index (χ3n) is 3.13. The Bertz CT molecular complexity index is 489. The molecule has 122 valence electrons. The Morgan fingerprint density at radius 2 is 1.77 bits per heavy atom. The summed E-state index contributed by atoms with van der Waals surface area (Å²) in [7, 11) is 3.83. The van der Waals surface area contributed by atoms with Gasteiger partial charge in [0.25, 0.3) is 0 Å². The first-order valence-corrected chi connectivity index (χ1v) is 7.72. The van der Waals surface area contributed by atoms with Crippen LogP contribution in [0, 0.1) is 0 Å². The molecule has 0 N–H and O–H groups in total. The predicted octanol–water partition coefficient (Wildman–Crippen LogP) is 3.37. The minimum Gasteiger partial charge on any atom is -0.461 e. The maximum Gasteiger partial charge on any atom is 0.338 e. The van der Waals surface area contributed by atoms with Crippen molar-refractivity contribution in [2.45, 2.75) is 19.8 Å². The Kier molecular flexibility index (Phi) is 7.91. The van der Waals surface area contributed by atoms with Crippen molar-refractivity contribution in [3.63, 3.8) is 0 Å². The zero-order valence-electron chi connectivity index (χ0n) is 13.3. The van der Waals surface area contributed by atoms with Gasteiger partial charge in [-0.1, -0.05) is 13.3 Å². The number of likely N-dealkylation sites (N-methyl/N-ethyl adjacent to an activating group) is 1. The highest BCUT2D eigenvalue weighted by molar-refractivity contribution is 6.66. The second kappa shape index (κ2) is 9.43. The molecule has 6 heteroatoms. The summed E-state index contributed by atoms with van der Waals surface area (Å²) in [5, 5.41) is -0.519. The van der Waals surface area contributed by atoms with Crippen molar-refractivity contribution in [2.24, 2.45) is 0 Å². The molecule has 0 bridgehead atoms. The lowest BCUT2D eigenvalue weighted by molar-refractivity contribution is 0.0482. The zero-order chi connectivity index (χ0) is 16.5. The molecule has 0 unspecified atom stereocenters. The first-order chi connectivity index (χ1) is 10.5. The highest BCUT2D eigenvalue weighted by Crippen LogP contribution is 2.18. The van der Waals surface area contributed by atoms with Crippen LogP contribution < -0.4 is 4.90 Å². The number of rotatable bonds is 8. The number of amides is 1. The van der Waals surface area contributed by atoms with Gasteiger partial charge in [0.05, 0.1) is 5.56 Å². The van der Waals surface area contributed by atoms with Crippen molar-refractivity contribution in [1.82, 2.24) is 4.90 Å². The third kappa shape index (κ3) is 6.03. The minimum atomic E-state index is -0.519. The van der Waals surface area contributed by atoms with Gasteiger partial charge in [0.15, 0.2) is 0 Å². The molecule has 0 aromatic heterocycles. The minimum absolute atomic E-state index is 0.344. The molecule has 0 spiro atoms.